The Balaban J connectivity index is 1.77. The smallest absolute Gasteiger partial charge is 0.236 e. The minimum atomic E-state index is -0.688. The van der Waals surface area contributed by atoms with Gasteiger partial charge >= 0.3 is 0 Å². The molecule has 100 valence electrons. The van der Waals surface area contributed by atoms with Crippen LogP contribution < -0.4 is 5.73 Å². The van der Waals surface area contributed by atoms with Crippen molar-refractivity contribution in [3.8, 4) is 0 Å². The number of hydrogen-bond acceptors (Lipinski definition) is 3. The molecule has 18 heavy (non-hydrogen) atoms. The first-order valence-electron chi connectivity index (χ1n) is 6.96. The number of nitrogens with two attached hydrogens (primary N) is 1. The van der Waals surface area contributed by atoms with Crippen LogP contribution in [0.2, 0.25) is 0 Å². The van der Waals surface area contributed by atoms with Crippen molar-refractivity contribution in [3.63, 3.8) is 0 Å². The van der Waals surface area contributed by atoms with Gasteiger partial charge in [-0.15, -0.1) is 0 Å². The van der Waals surface area contributed by atoms with E-state index in [1.54, 1.807) is 0 Å². The van der Waals surface area contributed by atoms with E-state index in [1.165, 1.54) is 12.8 Å². The molecule has 0 saturated heterocycles. The van der Waals surface area contributed by atoms with Gasteiger partial charge in [0.25, 0.3) is 0 Å². The number of carbonyl (C=O) groups excluding carboxylic acids is 1. The normalized spacial score (nSPS) is 26.6. The van der Waals surface area contributed by atoms with Crippen LogP contribution in [-0.4, -0.2) is 34.4 Å². The Kier molecular flexibility index (Phi) is 2.72. The Morgan fingerprint density at radius 1 is 1.33 bits per heavy atom. The van der Waals surface area contributed by atoms with E-state index in [2.05, 4.69) is 5.16 Å². The van der Waals surface area contributed by atoms with E-state index >= 15 is 0 Å². The summed E-state index contributed by atoms with van der Waals surface area (Å²) in [7, 11) is 0. The standard InChI is InChI=1S/C13H21N3O2/c14-11(15-18)13(6-1-7-13)12(17)16(10-4-5-10)8-9-2-3-9/h9-10,18H,1-8H2,(H2,14,15). The predicted octanol–water partition coefficient (Wildman–Crippen LogP) is 1.30. The predicted molar refractivity (Wildman–Crippen MR) is 67.2 cm³/mol. The number of oxime groups is 1. The summed E-state index contributed by atoms with van der Waals surface area (Å²) in [6.45, 7) is 0.879. The lowest BCUT2D eigenvalue weighted by Gasteiger charge is -2.42. The quantitative estimate of drug-likeness (QED) is 0.334. The molecule has 3 aliphatic rings. The fourth-order valence-electron chi connectivity index (χ4n) is 2.84. The molecule has 0 aliphatic heterocycles. The van der Waals surface area contributed by atoms with Crippen LogP contribution in [0.5, 0.6) is 0 Å². The van der Waals surface area contributed by atoms with E-state index in [-0.39, 0.29) is 11.7 Å². The molecule has 0 bridgehead atoms. The van der Waals surface area contributed by atoms with E-state index in [0.717, 1.165) is 38.6 Å². The maximum Gasteiger partial charge on any atom is 0.236 e. The average Bonchev–Trinajstić information content (AvgIpc) is 3.14. The van der Waals surface area contributed by atoms with Crippen LogP contribution in [-0.2, 0) is 4.79 Å². The molecule has 5 heteroatoms. The Labute approximate surface area is 107 Å². The molecule has 0 atom stereocenters. The summed E-state index contributed by atoms with van der Waals surface area (Å²) in [4.78, 5) is 14.8. The number of amidine groups is 1. The van der Waals surface area contributed by atoms with Crippen molar-refractivity contribution < 1.29 is 10.0 Å². The Morgan fingerprint density at radius 2 is 2.00 bits per heavy atom. The Hall–Kier alpha value is -1.26. The summed E-state index contributed by atoms with van der Waals surface area (Å²) in [5, 5.41) is 12.0. The summed E-state index contributed by atoms with van der Waals surface area (Å²) in [6, 6.07) is 0.419. The molecule has 3 N–H and O–H groups in total. The van der Waals surface area contributed by atoms with Crippen LogP contribution >= 0.6 is 0 Å². The van der Waals surface area contributed by atoms with Crippen LogP contribution in [0.15, 0.2) is 5.16 Å². The highest BCUT2D eigenvalue weighted by molar-refractivity contribution is 6.07. The Bertz CT molecular complexity index is 382. The van der Waals surface area contributed by atoms with Crippen LogP contribution in [0, 0.1) is 11.3 Å². The van der Waals surface area contributed by atoms with E-state index in [9.17, 15) is 4.79 Å². The third-order valence-electron chi connectivity index (χ3n) is 4.61. The van der Waals surface area contributed by atoms with Gasteiger partial charge in [0, 0.05) is 12.6 Å². The van der Waals surface area contributed by atoms with Gasteiger partial charge in [0.15, 0.2) is 5.84 Å². The first-order valence-corrected chi connectivity index (χ1v) is 6.96. The van der Waals surface area contributed by atoms with E-state index in [1.807, 2.05) is 4.90 Å². The maximum absolute atomic E-state index is 12.7. The zero-order chi connectivity index (χ0) is 12.8. The first kappa shape index (κ1) is 11.8. The molecular weight excluding hydrogens is 230 g/mol. The lowest BCUT2D eigenvalue weighted by atomic mass is 9.66. The molecule has 3 aliphatic carbocycles. The van der Waals surface area contributed by atoms with Crippen molar-refractivity contribution >= 4 is 11.7 Å². The van der Waals surface area contributed by atoms with Gasteiger partial charge in [-0.05, 0) is 44.4 Å². The van der Waals surface area contributed by atoms with Gasteiger partial charge in [0.05, 0.1) is 0 Å². The molecule has 3 rings (SSSR count). The molecular formula is C13H21N3O2. The molecule has 3 fully saturated rings. The van der Waals surface area contributed by atoms with Gasteiger partial charge in [-0.3, -0.25) is 4.79 Å². The number of hydrogen-bond donors (Lipinski definition) is 2. The molecule has 0 heterocycles. The third kappa shape index (κ3) is 1.85. The number of nitrogens with zero attached hydrogens (tertiary/aromatic N) is 2. The second-order valence-electron chi connectivity index (χ2n) is 6.05. The number of amides is 1. The SMILES string of the molecule is NC(=NO)C1(C(=O)N(CC2CC2)C2CC2)CCC1. The van der Waals surface area contributed by atoms with Crippen LogP contribution in [0.25, 0.3) is 0 Å². The van der Waals surface area contributed by atoms with E-state index in [4.69, 9.17) is 10.9 Å². The van der Waals surface area contributed by atoms with Gasteiger partial charge in [-0.1, -0.05) is 11.6 Å². The first-order chi connectivity index (χ1) is 8.67. The van der Waals surface area contributed by atoms with Gasteiger partial charge in [0.2, 0.25) is 5.91 Å². The Morgan fingerprint density at radius 3 is 2.39 bits per heavy atom. The summed E-state index contributed by atoms with van der Waals surface area (Å²) in [5.41, 5.74) is 5.08. The van der Waals surface area contributed by atoms with Crippen LogP contribution in [0.3, 0.4) is 0 Å². The lowest BCUT2D eigenvalue weighted by molar-refractivity contribution is -0.143. The largest absolute Gasteiger partial charge is 0.409 e. The molecule has 3 saturated carbocycles. The zero-order valence-electron chi connectivity index (χ0n) is 10.6. The van der Waals surface area contributed by atoms with Gasteiger partial charge in [0.1, 0.15) is 5.41 Å². The minimum absolute atomic E-state index is 0.110. The van der Waals surface area contributed by atoms with E-state index < -0.39 is 5.41 Å². The zero-order valence-corrected chi connectivity index (χ0v) is 10.6. The molecule has 0 aromatic rings. The molecule has 5 nitrogen and oxygen atoms in total. The fourth-order valence-corrected chi connectivity index (χ4v) is 2.84. The molecule has 0 aromatic carbocycles. The third-order valence-corrected chi connectivity index (χ3v) is 4.61. The fraction of sp³-hybridized carbons (Fsp3) is 0.846. The monoisotopic (exact) mass is 251 g/mol. The summed E-state index contributed by atoms with van der Waals surface area (Å²) < 4.78 is 0. The molecule has 0 radical (unpaired) electrons. The van der Waals surface area contributed by atoms with Gasteiger partial charge < -0.3 is 15.8 Å². The van der Waals surface area contributed by atoms with Gasteiger partial charge in [-0.2, -0.15) is 0 Å². The van der Waals surface area contributed by atoms with Gasteiger partial charge in [-0.25, -0.2) is 0 Å². The number of carbonyl (C=O) groups is 1. The topological polar surface area (TPSA) is 78.9 Å². The molecule has 0 spiro atoms. The molecule has 0 unspecified atom stereocenters. The van der Waals surface area contributed by atoms with Crippen molar-refractivity contribution in [2.75, 3.05) is 6.54 Å². The van der Waals surface area contributed by atoms with Crippen molar-refractivity contribution in [3.05, 3.63) is 0 Å². The summed E-state index contributed by atoms with van der Waals surface area (Å²) in [6.07, 6.45) is 7.17. The highest BCUT2D eigenvalue weighted by Crippen LogP contribution is 2.45. The summed E-state index contributed by atoms with van der Waals surface area (Å²) >= 11 is 0. The lowest BCUT2D eigenvalue weighted by Crippen LogP contribution is -2.56. The second-order valence-corrected chi connectivity index (χ2v) is 6.05. The average molecular weight is 251 g/mol. The highest BCUT2D eigenvalue weighted by Gasteiger charge is 2.52. The van der Waals surface area contributed by atoms with Crippen molar-refractivity contribution in [1.82, 2.24) is 4.90 Å². The van der Waals surface area contributed by atoms with Crippen LogP contribution in [0.4, 0.5) is 0 Å². The van der Waals surface area contributed by atoms with Crippen molar-refractivity contribution in [2.24, 2.45) is 22.2 Å². The minimum Gasteiger partial charge on any atom is -0.409 e. The highest BCUT2D eigenvalue weighted by atomic mass is 16.4. The molecule has 0 aromatic heterocycles. The molecule has 1 amide bonds. The second kappa shape index (κ2) is 4.14. The maximum atomic E-state index is 12.7. The summed E-state index contributed by atoms with van der Waals surface area (Å²) in [5.74, 6) is 0.914. The van der Waals surface area contributed by atoms with Crippen molar-refractivity contribution in [2.45, 2.75) is 51.0 Å². The van der Waals surface area contributed by atoms with E-state index in [0.29, 0.717) is 12.0 Å². The number of rotatable bonds is 5. The van der Waals surface area contributed by atoms with Crippen LogP contribution in [0.1, 0.15) is 44.9 Å². The van der Waals surface area contributed by atoms with Crippen molar-refractivity contribution in [1.29, 1.82) is 0 Å².